The van der Waals surface area contributed by atoms with Crippen molar-refractivity contribution in [3.8, 4) is 0 Å². The van der Waals surface area contributed by atoms with E-state index in [-0.39, 0.29) is 5.91 Å². The van der Waals surface area contributed by atoms with Gasteiger partial charge >= 0.3 is 0 Å². The van der Waals surface area contributed by atoms with E-state index in [1.54, 1.807) is 20.2 Å². The maximum Gasteiger partial charge on any atom is 0.251 e. The van der Waals surface area contributed by atoms with Crippen LogP contribution in [0.4, 0.5) is 0 Å². The number of aliphatic imine (C=N–C) groups is 1. The molecule has 0 aromatic heterocycles. The van der Waals surface area contributed by atoms with Gasteiger partial charge in [0.05, 0.1) is 0 Å². The van der Waals surface area contributed by atoms with Gasteiger partial charge in [-0.15, -0.1) is 0 Å². The van der Waals surface area contributed by atoms with Crippen LogP contribution in [-0.2, 0) is 13.1 Å². The number of nitrogens with zero attached hydrogens (tertiary/aromatic N) is 1. The van der Waals surface area contributed by atoms with E-state index in [9.17, 15) is 4.79 Å². The van der Waals surface area contributed by atoms with Gasteiger partial charge in [-0.05, 0) is 30.2 Å². The molecule has 0 aliphatic heterocycles. The third-order valence-corrected chi connectivity index (χ3v) is 3.64. The van der Waals surface area contributed by atoms with Crippen LogP contribution in [0.15, 0.2) is 53.5 Å². The molecule has 3 N–H and O–H groups in total. The summed E-state index contributed by atoms with van der Waals surface area (Å²) in [6.45, 7) is 3.38. The van der Waals surface area contributed by atoms with Crippen molar-refractivity contribution in [1.29, 1.82) is 0 Å². The van der Waals surface area contributed by atoms with Crippen LogP contribution in [0.1, 0.15) is 27.0 Å². The van der Waals surface area contributed by atoms with E-state index < -0.39 is 0 Å². The molecule has 5 nitrogen and oxygen atoms in total. The Balaban J connectivity index is 1.91. The molecule has 0 bridgehead atoms. The average molecular weight is 324 g/mol. The molecule has 2 aromatic carbocycles. The lowest BCUT2D eigenvalue weighted by Crippen LogP contribution is -2.36. The zero-order valence-electron chi connectivity index (χ0n) is 14.4. The van der Waals surface area contributed by atoms with Crippen molar-refractivity contribution in [2.45, 2.75) is 20.0 Å². The highest BCUT2D eigenvalue weighted by Crippen LogP contribution is 2.05. The monoisotopic (exact) mass is 324 g/mol. The van der Waals surface area contributed by atoms with E-state index in [0.29, 0.717) is 18.7 Å². The molecule has 0 saturated heterocycles. The second-order valence-electron chi connectivity index (χ2n) is 5.55. The maximum absolute atomic E-state index is 11.7. The van der Waals surface area contributed by atoms with Crippen LogP contribution in [-0.4, -0.2) is 26.0 Å². The summed E-state index contributed by atoms with van der Waals surface area (Å²) in [5.41, 5.74) is 4.12. The highest BCUT2D eigenvalue weighted by Gasteiger charge is 2.04. The summed E-state index contributed by atoms with van der Waals surface area (Å²) in [5.74, 6) is 0.639. The standard InChI is InChI=1S/C19H24N4O/c1-14-6-4-7-15(10-14)12-22-19(21-3)23-13-16-8-5-9-17(11-16)18(24)20-2/h4-11H,12-13H2,1-3H3,(H,20,24)(H2,21,22,23). The molecule has 1 amide bonds. The van der Waals surface area contributed by atoms with Gasteiger partial charge in [-0.2, -0.15) is 0 Å². The fourth-order valence-corrected chi connectivity index (χ4v) is 2.38. The van der Waals surface area contributed by atoms with Gasteiger partial charge in [-0.1, -0.05) is 42.0 Å². The van der Waals surface area contributed by atoms with E-state index in [1.807, 2.05) is 24.3 Å². The number of carbonyl (C=O) groups is 1. The second-order valence-corrected chi connectivity index (χ2v) is 5.55. The first-order chi connectivity index (χ1) is 11.6. The fraction of sp³-hybridized carbons (Fsp3) is 0.263. The van der Waals surface area contributed by atoms with Crippen molar-refractivity contribution in [3.05, 3.63) is 70.8 Å². The van der Waals surface area contributed by atoms with Crippen molar-refractivity contribution in [2.75, 3.05) is 14.1 Å². The number of amides is 1. The minimum absolute atomic E-state index is 0.0844. The van der Waals surface area contributed by atoms with Gasteiger partial charge in [-0.3, -0.25) is 9.79 Å². The summed E-state index contributed by atoms with van der Waals surface area (Å²) in [4.78, 5) is 15.9. The first kappa shape index (κ1) is 17.5. The Labute approximate surface area is 143 Å². The molecule has 2 rings (SSSR count). The highest BCUT2D eigenvalue weighted by molar-refractivity contribution is 5.94. The predicted octanol–water partition coefficient (Wildman–Crippen LogP) is 2.22. The summed E-state index contributed by atoms with van der Waals surface area (Å²) >= 11 is 0. The number of hydrogen-bond donors (Lipinski definition) is 3. The lowest BCUT2D eigenvalue weighted by molar-refractivity contribution is 0.0963. The molecule has 24 heavy (non-hydrogen) atoms. The topological polar surface area (TPSA) is 65.5 Å². The maximum atomic E-state index is 11.7. The van der Waals surface area contributed by atoms with Gasteiger partial charge in [0, 0.05) is 32.7 Å². The summed E-state index contributed by atoms with van der Waals surface area (Å²) < 4.78 is 0. The molecule has 0 atom stereocenters. The van der Waals surface area contributed by atoms with Crippen LogP contribution in [0, 0.1) is 6.92 Å². The molecule has 5 heteroatoms. The zero-order valence-corrected chi connectivity index (χ0v) is 14.4. The Morgan fingerprint density at radius 3 is 2.21 bits per heavy atom. The van der Waals surface area contributed by atoms with Crippen LogP contribution in [0.5, 0.6) is 0 Å². The molecule has 0 radical (unpaired) electrons. The number of hydrogen-bond acceptors (Lipinski definition) is 2. The quantitative estimate of drug-likeness (QED) is 0.584. The van der Waals surface area contributed by atoms with Crippen molar-refractivity contribution >= 4 is 11.9 Å². The highest BCUT2D eigenvalue weighted by atomic mass is 16.1. The summed E-state index contributed by atoms with van der Waals surface area (Å²) in [6.07, 6.45) is 0. The SMILES string of the molecule is CN=C(NCc1cccc(C)c1)NCc1cccc(C(=O)NC)c1. The van der Waals surface area contributed by atoms with Gasteiger partial charge in [0.25, 0.3) is 5.91 Å². The molecular formula is C19H24N4O. The smallest absolute Gasteiger partial charge is 0.251 e. The Hall–Kier alpha value is -2.82. The minimum Gasteiger partial charge on any atom is -0.355 e. The summed E-state index contributed by atoms with van der Waals surface area (Å²) in [5, 5.41) is 9.19. The van der Waals surface area contributed by atoms with Crippen molar-refractivity contribution in [1.82, 2.24) is 16.0 Å². The predicted molar refractivity (Wildman–Crippen MR) is 98.0 cm³/mol. The van der Waals surface area contributed by atoms with Gasteiger partial charge < -0.3 is 16.0 Å². The molecule has 0 heterocycles. The average Bonchev–Trinajstić information content (AvgIpc) is 2.61. The number of guanidine groups is 1. The Kier molecular flexibility index (Phi) is 6.37. The first-order valence-corrected chi connectivity index (χ1v) is 7.93. The molecule has 0 unspecified atom stereocenters. The van der Waals surface area contributed by atoms with E-state index >= 15 is 0 Å². The molecule has 2 aromatic rings. The zero-order chi connectivity index (χ0) is 17.4. The van der Waals surface area contributed by atoms with Gasteiger partial charge in [0.1, 0.15) is 0 Å². The van der Waals surface area contributed by atoms with Gasteiger partial charge in [-0.25, -0.2) is 0 Å². The fourth-order valence-electron chi connectivity index (χ4n) is 2.38. The molecule has 126 valence electrons. The molecule has 0 aliphatic rings. The lowest BCUT2D eigenvalue weighted by atomic mass is 10.1. The van der Waals surface area contributed by atoms with Crippen LogP contribution in [0.25, 0.3) is 0 Å². The molecule has 0 fully saturated rings. The van der Waals surface area contributed by atoms with Crippen molar-refractivity contribution in [2.24, 2.45) is 4.99 Å². The Morgan fingerprint density at radius 2 is 1.62 bits per heavy atom. The normalized spacial score (nSPS) is 11.0. The number of aryl methyl sites for hydroxylation is 1. The molecule has 0 aliphatic carbocycles. The third kappa shape index (κ3) is 5.12. The summed E-state index contributed by atoms with van der Waals surface area (Å²) in [6, 6.07) is 15.9. The van der Waals surface area contributed by atoms with Crippen LogP contribution in [0.2, 0.25) is 0 Å². The lowest BCUT2D eigenvalue weighted by Gasteiger charge is -2.13. The van der Waals surface area contributed by atoms with Gasteiger partial charge in [0.2, 0.25) is 0 Å². The third-order valence-electron chi connectivity index (χ3n) is 3.64. The van der Waals surface area contributed by atoms with Crippen LogP contribution in [0.3, 0.4) is 0 Å². The number of nitrogens with one attached hydrogen (secondary N) is 3. The Bertz CT molecular complexity index is 725. The molecule has 0 spiro atoms. The van der Waals surface area contributed by atoms with E-state index in [2.05, 4.69) is 46.1 Å². The molecular weight excluding hydrogens is 300 g/mol. The number of carbonyl (C=O) groups excluding carboxylic acids is 1. The summed E-state index contributed by atoms with van der Waals surface area (Å²) in [7, 11) is 3.37. The Morgan fingerprint density at radius 1 is 1.00 bits per heavy atom. The number of benzene rings is 2. The molecule has 0 saturated carbocycles. The van der Waals surface area contributed by atoms with Crippen molar-refractivity contribution < 1.29 is 4.79 Å². The van der Waals surface area contributed by atoms with Gasteiger partial charge in [0.15, 0.2) is 5.96 Å². The van der Waals surface area contributed by atoms with Crippen LogP contribution < -0.4 is 16.0 Å². The van der Waals surface area contributed by atoms with E-state index in [1.165, 1.54) is 11.1 Å². The van der Waals surface area contributed by atoms with E-state index in [4.69, 9.17) is 0 Å². The second kappa shape index (κ2) is 8.72. The minimum atomic E-state index is -0.0844. The van der Waals surface area contributed by atoms with E-state index in [0.717, 1.165) is 11.5 Å². The van der Waals surface area contributed by atoms with Crippen LogP contribution >= 0.6 is 0 Å². The van der Waals surface area contributed by atoms with Crippen molar-refractivity contribution in [3.63, 3.8) is 0 Å². The largest absolute Gasteiger partial charge is 0.355 e. The number of rotatable bonds is 5. The first-order valence-electron chi connectivity index (χ1n) is 7.93.